The fourth-order valence-electron chi connectivity index (χ4n) is 2.37. The Kier molecular flexibility index (Phi) is 4.06. The summed E-state index contributed by atoms with van der Waals surface area (Å²) in [6.45, 7) is 2.97. The molecule has 0 spiro atoms. The molecule has 0 heterocycles. The van der Waals surface area contributed by atoms with E-state index in [-0.39, 0.29) is 5.91 Å². The quantitative estimate of drug-likeness (QED) is 0.837. The van der Waals surface area contributed by atoms with Gasteiger partial charge >= 0.3 is 0 Å². The zero-order valence-corrected chi connectivity index (χ0v) is 12.5. The van der Waals surface area contributed by atoms with E-state index in [4.69, 9.17) is 15.2 Å². The van der Waals surface area contributed by atoms with Crippen LogP contribution >= 0.6 is 0 Å². The van der Waals surface area contributed by atoms with Gasteiger partial charge in [-0.25, -0.2) is 0 Å². The molecular weight excluding hydrogens is 256 g/mol. The molecule has 1 amide bonds. The standard InChI is InChI=1S/C15H22N2O3/c1-9-5-10(9)8-17(2)15(18)11-6-13(19-3)14(20-4)7-12(11)16/h6-7,9-10H,5,8,16H2,1-4H3. The maximum Gasteiger partial charge on any atom is 0.255 e. The molecule has 2 atom stereocenters. The molecule has 110 valence electrons. The predicted molar refractivity (Wildman–Crippen MR) is 78.2 cm³/mol. The van der Waals surface area contributed by atoms with E-state index in [1.807, 2.05) is 7.05 Å². The Labute approximate surface area is 119 Å². The number of rotatable bonds is 5. The van der Waals surface area contributed by atoms with E-state index >= 15 is 0 Å². The van der Waals surface area contributed by atoms with E-state index in [0.29, 0.717) is 34.6 Å². The summed E-state index contributed by atoms with van der Waals surface area (Å²) in [6.07, 6.45) is 1.19. The van der Waals surface area contributed by atoms with Gasteiger partial charge in [0.1, 0.15) is 0 Å². The van der Waals surface area contributed by atoms with Crippen molar-refractivity contribution in [1.29, 1.82) is 0 Å². The van der Waals surface area contributed by atoms with Crippen LogP contribution in [0.3, 0.4) is 0 Å². The largest absolute Gasteiger partial charge is 0.493 e. The number of carbonyl (C=O) groups excluding carboxylic acids is 1. The van der Waals surface area contributed by atoms with Crippen molar-refractivity contribution in [3.8, 4) is 11.5 Å². The summed E-state index contributed by atoms with van der Waals surface area (Å²) >= 11 is 0. The van der Waals surface area contributed by atoms with Crippen LogP contribution in [0.15, 0.2) is 12.1 Å². The third-order valence-electron chi connectivity index (χ3n) is 3.92. The van der Waals surface area contributed by atoms with Crippen LogP contribution in [0.1, 0.15) is 23.7 Å². The van der Waals surface area contributed by atoms with E-state index in [2.05, 4.69) is 6.92 Å². The molecule has 1 aliphatic rings. The molecular formula is C15H22N2O3. The number of nitrogens with zero attached hydrogens (tertiary/aromatic N) is 1. The van der Waals surface area contributed by atoms with Gasteiger partial charge in [0.2, 0.25) is 0 Å². The highest BCUT2D eigenvalue weighted by atomic mass is 16.5. The zero-order valence-electron chi connectivity index (χ0n) is 12.5. The lowest BCUT2D eigenvalue weighted by molar-refractivity contribution is 0.0787. The Hall–Kier alpha value is -1.91. The fraction of sp³-hybridized carbons (Fsp3) is 0.533. The predicted octanol–water partition coefficient (Wildman–Crippen LogP) is 2.01. The number of carbonyl (C=O) groups is 1. The van der Waals surface area contributed by atoms with Crippen molar-refractivity contribution in [2.75, 3.05) is 33.5 Å². The minimum atomic E-state index is -0.0810. The van der Waals surface area contributed by atoms with Crippen molar-refractivity contribution in [3.05, 3.63) is 17.7 Å². The number of amides is 1. The average Bonchev–Trinajstić information content (AvgIpc) is 3.12. The van der Waals surface area contributed by atoms with Gasteiger partial charge in [0.15, 0.2) is 11.5 Å². The summed E-state index contributed by atoms with van der Waals surface area (Å²) in [7, 11) is 4.89. The third kappa shape index (κ3) is 2.81. The SMILES string of the molecule is COc1cc(N)c(C(=O)N(C)CC2CC2C)cc1OC. The van der Waals surface area contributed by atoms with Crippen molar-refractivity contribution in [2.24, 2.45) is 11.8 Å². The Morgan fingerprint density at radius 1 is 1.35 bits per heavy atom. The second-order valence-corrected chi connectivity index (χ2v) is 5.45. The Bertz CT molecular complexity index is 516. The molecule has 2 N–H and O–H groups in total. The van der Waals surface area contributed by atoms with Crippen LogP contribution in [0.4, 0.5) is 5.69 Å². The third-order valence-corrected chi connectivity index (χ3v) is 3.92. The Morgan fingerprint density at radius 3 is 2.40 bits per heavy atom. The summed E-state index contributed by atoms with van der Waals surface area (Å²) in [5.74, 6) is 2.29. The number of hydrogen-bond donors (Lipinski definition) is 1. The summed E-state index contributed by atoms with van der Waals surface area (Å²) < 4.78 is 10.4. The second-order valence-electron chi connectivity index (χ2n) is 5.45. The van der Waals surface area contributed by atoms with Gasteiger partial charge in [-0.2, -0.15) is 0 Å². The van der Waals surface area contributed by atoms with Gasteiger partial charge in [0.05, 0.1) is 19.8 Å². The van der Waals surface area contributed by atoms with Crippen LogP contribution in [0.5, 0.6) is 11.5 Å². The summed E-state index contributed by atoms with van der Waals surface area (Å²) in [6, 6.07) is 3.27. The number of hydrogen-bond acceptors (Lipinski definition) is 4. The summed E-state index contributed by atoms with van der Waals surface area (Å²) in [5, 5.41) is 0. The smallest absolute Gasteiger partial charge is 0.255 e. The van der Waals surface area contributed by atoms with Gasteiger partial charge in [0.25, 0.3) is 5.91 Å². The number of ether oxygens (including phenoxy) is 2. The minimum Gasteiger partial charge on any atom is -0.493 e. The van der Waals surface area contributed by atoms with Gasteiger partial charge in [-0.1, -0.05) is 6.92 Å². The van der Waals surface area contributed by atoms with Crippen LogP contribution in [0, 0.1) is 11.8 Å². The monoisotopic (exact) mass is 278 g/mol. The molecule has 1 saturated carbocycles. The van der Waals surface area contributed by atoms with E-state index in [1.165, 1.54) is 13.5 Å². The molecule has 1 aromatic carbocycles. The van der Waals surface area contributed by atoms with E-state index < -0.39 is 0 Å². The molecule has 1 fully saturated rings. The minimum absolute atomic E-state index is 0.0810. The highest BCUT2D eigenvalue weighted by Gasteiger charge is 2.34. The van der Waals surface area contributed by atoms with E-state index in [9.17, 15) is 4.79 Å². The van der Waals surface area contributed by atoms with E-state index in [1.54, 1.807) is 24.1 Å². The lowest BCUT2D eigenvalue weighted by atomic mass is 10.1. The first-order chi connectivity index (χ1) is 9.47. The number of nitrogens with two attached hydrogens (primary N) is 1. The maximum absolute atomic E-state index is 12.5. The highest BCUT2D eigenvalue weighted by Crippen LogP contribution is 2.38. The molecule has 0 aromatic heterocycles. The summed E-state index contributed by atoms with van der Waals surface area (Å²) in [4.78, 5) is 14.2. The van der Waals surface area contributed by atoms with Crippen molar-refractivity contribution in [3.63, 3.8) is 0 Å². The molecule has 5 heteroatoms. The Morgan fingerprint density at radius 2 is 1.90 bits per heavy atom. The van der Waals surface area contributed by atoms with Crippen LogP contribution < -0.4 is 15.2 Å². The molecule has 1 aliphatic carbocycles. The van der Waals surface area contributed by atoms with Gasteiger partial charge in [-0.15, -0.1) is 0 Å². The van der Waals surface area contributed by atoms with Crippen LogP contribution in [0.2, 0.25) is 0 Å². The first-order valence-electron chi connectivity index (χ1n) is 6.74. The molecule has 1 aromatic rings. The average molecular weight is 278 g/mol. The number of anilines is 1. The molecule has 0 saturated heterocycles. The second kappa shape index (κ2) is 5.61. The van der Waals surface area contributed by atoms with E-state index in [0.717, 1.165) is 6.54 Å². The van der Waals surface area contributed by atoms with Crippen molar-refractivity contribution < 1.29 is 14.3 Å². The van der Waals surface area contributed by atoms with Crippen LogP contribution in [-0.2, 0) is 0 Å². The molecule has 5 nitrogen and oxygen atoms in total. The van der Waals surface area contributed by atoms with Gasteiger partial charge in [-0.05, 0) is 24.3 Å². The van der Waals surface area contributed by atoms with Gasteiger partial charge in [-0.3, -0.25) is 4.79 Å². The first-order valence-corrected chi connectivity index (χ1v) is 6.74. The Balaban J connectivity index is 2.20. The highest BCUT2D eigenvalue weighted by molar-refractivity contribution is 6.00. The molecule has 2 rings (SSSR count). The van der Waals surface area contributed by atoms with Crippen LogP contribution in [-0.4, -0.2) is 38.6 Å². The van der Waals surface area contributed by atoms with Crippen molar-refractivity contribution in [2.45, 2.75) is 13.3 Å². The normalized spacial score (nSPS) is 20.4. The zero-order chi connectivity index (χ0) is 14.9. The fourth-order valence-corrected chi connectivity index (χ4v) is 2.37. The molecule has 2 unspecified atom stereocenters. The molecule has 0 bridgehead atoms. The number of benzene rings is 1. The van der Waals surface area contributed by atoms with Crippen LogP contribution in [0.25, 0.3) is 0 Å². The number of methoxy groups -OCH3 is 2. The molecule has 0 radical (unpaired) electrons. The van der Waals surface area contributed by atoms with Crippen molar-refractivity contribution >= 4 is 11.6 Å². The lowest BCUT2D eigenvalue weighted by Crippen LogP contribution is -2.29. The maximum atomic E-state index is 12.5. The lowest BCUT2D eigenvalue weighted by Gasteiger charge is -2.19. The topological polar surface area (TPSA) is 64.8 Å². The molecule has 0 aliphatic heterocycles. The van der Waals surface area contributed by atoms with Crippen molar-refractivity contribution in [1.82, 2.24) is 4.90 Å². The molecule has 20 heavy (non-hydrogen) atoms. The number of nitrogen functional groups attached to an aromatic ring is 1. The first kappa shape index (κ1) is 14.5. The van der Waals surface area contributed by atoms with Gasteiger partial charge in [0, 0.05) is 25.3 Å². The summed E-state index contributed by atoms with van der Waals surface area (Å²) in [5.41, 5.74) is 6.81. The van der Waals surface area contributed by atoms with Gasteiger partial charge < -0.3 is 20.1 Å².